The summed E-state index contributed by atoms with van der Waals surface area (Å²) >= 11 is 0. The molecule has 0 saturated heterocycles. The van der Waals surface area contributed by atoms with Crippen LogP contribution in [0.3, 0.4) is 0 Å². The first-order valence-electron chi connectivity index (χ1n) is 9.91. The van der Waals surface area contributed by atoms with Crippen LogP contribution in [0.4, 0.5) is 21.9 Å². The van der Waals surface area contributed by atoms with Gasteiger partial charge in [-0.15, -0.1) is 43.0 Å². The van der Waals surface area contributed by atoms with Crippen molar-refractivity contribution in [2.24, 2.45) is 0 Å². The number of hydrogen-bond donors (Lipinski definition) is 3. The molecule has 0 spiro atoms. The van der Waals surface area contributed by atoms with Crippen LogP contribution in [0.5, 0.6) is 0 Å². The Morgan fingerprint density at radius 1 is 0.842 bits per heavy atom. The Balaban J connectivity index is 0.00000213. The van der Waals surface area contributed by atoms with Crippen LogP contribution in [0.2, 0.25) is 0 Å². The molecule has 3 amide bonds. The average molecular weight is 576 g/mol. The number of hydrogen-bond acceptors (Lipinski definition) is 8. The normalized spacial score (nSPS) is 10.1. The van der Waals surface area contributed by atoms with Gasteiger partial charge in [0.1, 0.15) is 10.1 Å². The second-order valence-electron chi connectivity index (χ2n) is 6.90. The number of benzene rings is 3. The minimum Gasteiger partial charge on any atom is -0.744 e. The van der Waals surface area contributed by atoms with Crippen LogP contribution >= 0.6 is 0 Å². The van der Waals surface area contributed by atoms with E-state index in [0.717, 1.165) is 6.07 Å². The monoisotopic (exact) mass is 575 g/mol. The fourth-order valence-electron chi connectivity index (χ4n) is 2.78. The molecule has 3 aromatic carbocycles. The van der Waals surface area contributed by atoms with E-state index in [1.807, 2.05) is 0 Å². The van der Waals surface area contributed by atoms with Gasteiger partial charge in [-0.25, -0.2) is 13.2 Å². The molecule has 0 atom stereocenters. The van der Waals surface area contributed by atoms with Gasteiger partial charge in [0.05, 0.1) is 4.90 Å². The van der Waals surface area contributed by atoms with E-state index in [0.29, 0.717) is 16.9 Å². The van der Waals surface area contributed by atoms with Gasteiger partial charge in [-0.05, 0) is 35.5 Å². The fraction of sp³-hybridized carbons (Fsp3) is 0.0435. The summed E-state index contributed by atoms with van der Waals surface area (Å²) in [6, 6.07) is 20.0. The molecule has 0 unspecified atom stereocenters. The molecule has 15 heteroatoms. The van der Waals surface area contributed by atoms with E-state index in [1.165, 1.54) is 25.1 Å². The predicted molar refractivity (Wildman–Crippen MR) is 132 cm³/mol. The first-order chi connectivity index (χ1) is 16.9. The number of amides is 3. The molecule has 3 N–H and O–H groups in total. The molecule has 0 aromatic heterocycles. The minimum atomic E-state index is -4.81. The van der Waals surface area contributed by atoms with E-state index in [2.05, 4.69) is 22.0 Å². The summed E-state index contributed by atoms with van der Waals surface area (Å²) in [4.78, 5) is 22.7. The number of urea groups is 1. The summed E-state index contributed by atoms with van der Waals surface area (Å²) < 4.78 is 60.7. The van der Waals surface area contributed by atoms with Crippen molar-refractivity contribution in [3.05, 3.63) is 83.9 Å². The number of carbonyl (C=O) groups is 2. The standard InChI is InChI=1S/C23H20N3O5S.2Na.O3S/c1-16(27)24-20-12-8-17(9-13-20)7-10-18-11-14-21(15-22(18)32(29,30)31)26-23(28)25-19-5-3-2-4-6-19;;;1-4(2)3/h2-8,10-15H,1H3,(H,24,27)(H2,25,26,28)(H,29,30,31);;;/q-1;2*+1;/p-1/b10-7+;;;. The largest absolute Gasteiger partial charge is 1.00 e. The third-order valence-corrected chi connectivity index (χ3v) is 5.06. The Kier molecular flexibility index (Phi) is 16.2. The van der Waals surface area contributed by atoms with Gasteiger partial charge in [0.2, 0.25) is 5.91 Å². The number of nitrogens with one attached hydrogen (secondary N) is 3. The molecule has 0 aliphatic carbocycles. The van der Waals surface area contributed by atoms with Crippen LogP contribution < -0.4 is 75.1 Å². The molecule has 3 aromatic rings. The zero-order valence-corrected chi connectivity index (χ0v) is 26.2. The molecule has 188 valence electrons. The zero-order chi connectivity index (χ0) is 26.7. The minimum absolute atomic E-state index is 0. The molecule has 38 heavy (non-hydrogen) atoms. The zero-order valence-electron chi connectivity index (χ0n) is 20.6. The molecule has 0 radical (unpaired) electrons. The molecule has 0 aliphatic rings. The Morgan fingerprint density at radius 3 is 1.95 bits per heavy atom. The second kappa shape index (κ2) is 17.3. The van der Waals surface area contributed by atoms with Crippen LogP contribution in [-0.2, 0) is 25.5 Å². The molecule has 0 bridgehead atoms. The smallest absolute Gasteiger partial charge is 0.744 e. The molecule has 3 rings (SSSR count). The van der Waals surface area contributed by atoms with Crippen LogP contribution in [0.15, 0.2) is 71.6 Å². The van der Waals surface area contributed by atoms with Crippen LogP contribution in [-0.4, -0.2) is 37.5 Å². The maximum atomic E-state index is 12.1. The van der Waals surface area contributed by atoms with E-state index in [1.54, 1.807) is 54.6 Å². The predicted octanol–water partition coefficient (Wildman–Crippen LogP) is -2.83. The Morgan fingerprint density at radius 2 is 1.42 bits per heavy atom. The SMILES string of the molecule is CC(=O)Nc1c[c-]c(/C=C/c2ccc(NC(=O)Nc3ccccc3)cc2S(=O)(=O)[O-])cc1.O=S(=O)=O.[Na+].[Na+]. The summed E-state index contributed by atoms with van der Waals surface area (Å²) in [5, 5.41) is 7.73. The number of rotatable bonds is 6. The summed E-state index contributed by atoms with van der Waals surface area (Å²) in [6.45, 7) is 1.39. The first kappa shape index (κ1) is 35.7. The van der Waals surface area contributed by atoms with Gasteiger partial charge in [0.25, 0.3) is 0 Å². The maximum absolute atomic E-state index is 12.1. The number of para-hydroxylation sites is 1. The van der Waals surface area contributed by atoms with Gasteiger partial charge >= 0.3 is 75.8 Å². The van der Waals surface area contributed by atoms with E-state index < -0.39 is 31.7 Å². The van der Waals surface area contributed by atoms with Gasteiger partial charge in [0.15, 0.2) is 0 Å². The van der Waals surface area contributed by atoms with Crippen molar-refractivity contribution in [3.63, 3.8) is 0 Å². The third kappa shape index (κ3) is 13.5. The summed E-state index contributed by atoms with van der Waals surface area (Å²) in [7, 11) is -7.92. The van der Waals surface area contributed by atoms with Crippen molar-refractivity contribution < 1.29 is 94.3 Å². The van der Waals surface area contributed by atoms with Crippen LogP contribution in [0, 0.1) is 6.07 Å². The van der Waals surface area contributed by atoms with E-state index >= 15 is 0 Å². The fourth-order valence-corrected chi connectivity index (χ4v) is 3.48. The molecule has 0 heterocycles. The molecule has 0 fully saturated rings. The first-order valence-corrected chi connectivity index (χ1v) is 12.3. The van der Waals surface area contributed by atoms with Crippen molar-refractivity contribution in [1.29, 1.82) is 0 Å². The summed E-state index contributed by atoms with van der Waals surface area (Å²) in [6.07, 6.45) is 3.04. The van der Waals surface area contributed by atoms with E-state index in [4.69, 9.17) is 12.6 Å². The Hall–Kier alpha value is -2.33. The van der Waals surface area contributed by atoms with Gasteiger partial charge < -0.3 is 20.5 Å². The molecular weight excluding hydrogens is 556 g/mol. The van der Waals surface area contributed by atoms with Gasteiger partial charge in [0, 0.05) is 18.3 Å². The average Bonchev–Trinajstić information content (AvgIpc) is 2.78. The van der Waals surface area contributed by atoms with Crippen LogP contribution in [0.1, 0.15) is 18.1 Å². The van der Waals surface area contributed by atoms with Crippen molar-refractivity contribution in [1.82, 2.24) is 0 Å². The third-order valence-electron chi connectivity index (χ3n) is 4.17. The number of anilines is 3. The second-order valence-corrected chi connectivity index (χ2v) is 8.66. The van der Waals surface area contributed by atoms with E-state index in [-0.39, 0.29) is 76.3 Å². The van der Waals surface area contributed by atoms with E-state index in [9.17, 15) is 22.6 Å². The van der Waals surface area contributed by atoms with Gasteiger partial charge in [-0.3, -0.25) is 4.79 Å². The summed E-state index contributed by atoms with van der Waals surface area (Å²) in [5.74, 6) is -0.210. The van der Waals surface area contributed by atoms with Crippen LogP contribution in [0.25, 0.3) is 12.2 Å². The van der Waals surface area contributed by atoms with Crippen molar-refractivity contribution in [2.45, 2.75) is 11.8 Å². The van der Waals surface area contributed by atoms with Crippen molar-refractivity contribution in [3.8, 4) is 0 Å². The number of carbonyl (C=O) groups excluding carboxylic acids is 2. The molecule has 0 saturated carbocycles. The molecule has 0 aliphatic heterocycles. The maximum Gasteiger partial charge on any atom is 1.00 e. The van der Waals surface area contributed by atoms with Crippen molar-refractivity contribution >= 4 is 61.9 Å². The molecule has 11 nitrogen and oxygen atoms in total. The van der Waals surface area contributed by atoms with Gasteiger partial charge in [-0.2, -0.15) is 5.56 Å². The quantitative estimate of drug-likeness (QED) is 0.122. The summed E-state index contributed by atoms with van der Waals surface area (Å²) in [5.41, 5.74) is 2.05. The van der Waals surface area contributed by atoms with Gasteiger partial charge in [-0.1, -0.05) is 30.3 Å². The Labute approximate surface area is 265 Å². The van der Waals surface area contributed by atoms with Crippen molar-refractivity contribution in [2.75, 3.05) is 16.0 Å². The topological polar surface area (TPSA) is 179 Å². The molecular formula is C23H19N3Na2O8S2. The Bertz CT molecular complexity index is 1480.